The maximum atomic E-state index is 12.7. The monoisotopic (exact) mass is 466 g/mol. The van der Waals surface area contributed by atoms with Crippen molar-refractivity contribution in [3.8, 4) is 11.2 Å². The zero-order valence-corrected chi connectivity index (χ0v) is 21.0. The number of fused-ring (bicyclic) bond motifs is 1. The summed E-state index contributed by atoms with van der Waals surface area (Å²) in [5, 5.41) is 19.8. The highest BCUT2D eigenvalue weighted by Gasteiger charge is 2.37. The number of amides is 1. The van der Waals surface area contributed by atoms with Crippen LogP contribution in [0.1, 0.15) is 77.8 Å². The summed E-state index contributed by atoms with van der Waals surface area (Å²) in [4.78, 5) is 14.3. The highest BCUT2D eigenvalue weighted by molar-refractivity contribution is 7.85. The van der Waals surface area contributed by atoms with Crippen LogP contribution in [0, 0.1) is 17.1 Å². The average molecular weight is 467 g/mol. The van der Waals surface area contributed by atoms with Gasteiger partial charge in [-0.1, -0.05) is 30.6 Å². The Hall–Kier alpha value is -1.79. The zero-order chi connectivity index (χ0) is 23.4. The number of hydrogen-bond donors (Lipinski definition) is 3. The molecule has 2 atom stereocenters. The van der Waals surface area contributed by atoms with E-state index < -0.39 is 11.7 Å². The molecule has 0 radical (unpaired) electrons. The third-order valence-corrected chi connectivity index (χ3v) is 5.86. The van der Waals surface area contributed by atoms with E-state index in [4.69, 9.17) is 9.84 Å². The van der Waals surface area contributed by atoms with Crippen molar-refractivity contribution >= 4 is 37.6 Å². The van der Waals surface area contributed by atoms with Crippen molar-refractivity contribution in [2.24, 2.45) is 11.1 Å². The molecule has 0 aromatic carbocycles. The number of carbonyl (C=O) groups is 1. The van der Waals surface area contributed by atoms with Gasteiger partial charge in [0.1, 0.15) is 5.60 Å². The molecule has 2 heterocycles. The lowest BCUT2D eigenvalue weighted by Gasteiger charge is -2.34. The molecule has 1 aliphatic rings. The van der Waals surface area contributed by atoms with Crippen molar-refractivity contribution in [1.82, 2.24) is 14.7 Å². The second-order valence-electron chi connectivity index (χ2n) is 9.71. The maximum absolute atomic E-state index is 12.7. The second kappa shape index (κ2) is 10.2. The van der Waals surface area contributed by atoms with Gasteiger partial charge < -0.3 is 9.94 Å². The van der Waals surface area contributed by atoms with E-state index in [0.29, 0.717) is 24.6 Å². The SMILES string of the molecule is CC(CCC#CS)CC(C)(C)n1nc2c(c1/C=N/O)CN(C(=O)OC(C)(C)C)C(S)C2. The van der Waals surface area contributed by atoms with Crippen molar-refractivity contribution in [3.05, 3.63) is 17.0 Å². The minimum atomic E-state index is -0.597. The van der Waals surface area contributed by atoms with E-state index >= 15 is 0 Å². The van der Waals surface area contributed by atoms with Crippen LogP contribution < -0.4 is 0 Å². The summed E-state index contributed by atoms with van der Waals surface area (Å²) in [5.41, 5.74) is 1.48. The number of hydrogen-bond acceptors (Lipinski definition) is 7. The maximum Gasteiger partial charge on any atom is 0.411 e. The van der Waals surface area contributed by atoms with Gasteiger partial charge >= 0.3 is 6.09 Å². The van der Waals surface area contributed by atoms with Gasteiger partial charge in [-0.05, 0) is 58.6 Å². The highest BCUT2D eigenvalue weighted by atomic mass is 32.1. The van der Waals surface area contributed by atoms with Crippen molar-refractivity contribution in [2.45, 2.75) is 90.3 Å². The molecule has 0 saturated carbocycles. The summed E-state index contributed by atoms with van der Waals surface area (Å²) in [6, 6.07) is 0. The molecule has 0 saturated heterocycles. The first kappa shape index (κ1) is 25.5. The van der Waals surface area contributed by atoms with Gasteiger partial charge in [0, 0.05) is 18.4 Å². The lowest BCUT2D eigenvalue weighted by molar-refractivity contribution is 0.0198. The van der Waals surface area contributed by atoms with Crippen LogP contribution in [0.5, 0.6) is 0 Å². The Morgan fingerprint density at radius 1 is 1.42 bits per heavy atom. The third-order valence-electron chi connectivity index (χ3n) is 5.24. The molecule has 0 bridgehead atoms. The number of rotatable bonds is 6. The molecule has 172 valence electrons. The number of aromatic nitrogens is 2. The molecule has 31 heavy (non-hydrogen) atoms. The predicted octanol–water partition coefficient (Wildman–Crippen LogP) is 4.67. The van der Waals surface area contributed by atoms with Gasteiger partial charge in [-0.25, -0.2) is 4.79 Å². The molecule has 1 aromatic heterocycles. The topological polar surface area (TPSA) is 80.0 Å². The second-order valence-corrected chi connectivity index (χ2v) is 10.5. The van der Waals surface area contributed by atoms with Crippen LogP contribution in [-0.4, -0.2) is 43.2 Å². The standard InChI is InChI=1S/C22H34N4O3S2/c1-15(9-7-8-10-30)12-22(5,6)26-18(13-23-28)16-14-25(19(31)11-17(16)24-26)20(27)29-21(2,3)4/h13,15,19,28,30-31H,7,9,11-12,14H2,1-6H3/b23-13+. The zero-order valence-electron chi connectivity index (χ0n) is 19.2. The van der Waals surface area contributed by atoms with Crippen molar-refractivity contribution in [2.75, 3.05) is 0 Å². The third kappa shape index (κ3) is 6.59. The van der Waals surface area contributed by atoms with Crippen LogP contribution in [0.4, 0.5) is 4.79 Å². The van der Waals surface area contributed by atoms with Crippen LogP contribution in [0.3, 0.4) is 0 Å². The lowest BCUT2D eigenvalue weighted by atomic mass is 9.88. The largest absolute Gasteiger partial charge is 0.444 e. The Morgan fingerprint density at radius 3 is 2.68 bits per heavy atom. The van der Waals surface area contributed by atoms with Gasteiger partial charge in [0.2, 0.25) is 0 Å². The normalized spacial score (nSPS) is 17.8. The molecular weight excluding hydrogens is 432 g/mol. The minimum absolute atomic E-state index is 0.295. The van der Waals surface area contributed by atoms with Gasteiger partial charge in [0.25, 0.3) is 0 Å². The highest BCUT2D eigenvalue weighted by Crippen LogP contribution is 2.33. The first-order valence-electron chi connectivity index (χ1n) is 10.5. The van der Waals surface area contributed by atoms with E-state index in [1.54, 1.807) is 4.90 Å². The Bertz CT molecular complexity index is 878. The van der Waals surface area contributed by atoms with Crippen LogP contribution in [0.15, 0.2) is 5.16 Å². The first-order chi connectivity index (χ1) is 14.4. The van der Waals surface area contributed by atoms with Gasteiger partial charge in [-0.15, -0.1) is 0 Å². The predicted molar refractivity (Wildman–Crippen MR) is 129 cm³/mol. The Kier molecular flexibility index (Phi) is 8.40. The van der Waals surface area contributed by atoms with Crippen molar-refractivity contribution < 1.29 is 14.7 Å². The number of ether oxygens (including phenoxy) is 1. The summed E-state index contributed by atoms with van der Waals surface area (Å²) >= 11 is 8.55. The number of thiol groups is 2. The van der Waals surface area contributed by atoms with E-state index in [1.807, 2.05) is 25.5 Å². The van der Waals surface area contributed by atoms with E-state index in [0.717, 1.165) is 30.5 Å². The molecule has 0 spiro atoms. The molecule has 1 aliphatic heterocycles. The molecule has 1 amide bonds. The molecule has 0 aliphatic carbocycles. The molecule has 1 aromatic rings. The van der Waals surface area contributed by atoms with Crippen LogP contribution in [0.25, 0.3) is 0 Å². The number of nitrogens with zero attached hydrogens (tertiary/aromatic N) is 4. The van der Waals surface area contributed by atoms with E-state index in [1.165, 1.54) is 6.21 Å². The fourth-order valence-electron chi connectivity index (χ4n) is 3.98. The summed E-state index contributed by atoms with van der Waals surface area (Å²) in [6.45, 7) is 12.2. The molecule has 9 heteroatoms. The smallest absolute Gasteiger partial charge is 0.411 e. The van der Waals surface area contributed by atoms with E-state index in [9.17, 15) is 10.0 Å². The fraction of sp³-hybridized carbons (Fsp3) is 0.682. The first-order valence-corrected chi connectivity index (χ1v) is 11.4. The minimum Gasteiger partial charge on any atom is -0.444 e. The Labute approximate surface area is 196 Å². The summed E-state index contributed by atoms with van der Waals surface area (Å²) in [6.07, 6.45) is 4.10. The molecule has 0 fully saturated rings. The number of carbonyl (C=O) groups excluding carboxylic acids is 1. The molecule has 2 unspecified atom stereocenters. The summed E-state index contributed by atoms with van der Waals surface area (Å²) in [5.74, 6) is 3.41. The van der Waals surface area contributed by atoms with Crippen molar-refractivity contribution in [1.29, 1.82) is 0 Å². The van der Waals surface area contributed by atoms with Crippen LogP contribution in [0.2, 0.25) is 0 Å². The summed E-state index contributed by atoms with van der Waals surface area (Å²) < 4.78 is 7.46. The van der Waals surface area contributed by atoms with Gasteiger partial charge in [0.15, 0.2) is 0 Å². The van der Waals surface area contributed by atoms with Gasteiger partial charge in [0.05, 0.1) is 35.1 Å². The molecule has 7 nitrogen and oxygen atoms in total. The van der Waals surface area contributed by atoms with Crippen LogP contribution in [-0.2, 0) is 23.2 Å². The number of oxime groups is 1. The molecule has 2 rings (SSSR count). The summed E-state index contributed by atoms with van der Waals surface area (Å²) in [7, 11) is 0. The van der Waals surface area contributed by atoms with E-state index in [2.05, 4.69) is 62.4 Å². The fourth-order valence-corrected chi connectivity index (χ4v) is 4.44. The van der Waals surface area contributed by atoms with Crippen LogP contribution >= 0.6 is 25.3 Å². The van der Waals surface area contributed by atoms with Gasteiger partial charge in [-0.3, -0.25) is 9.58 Å². The Morgan fingerprint density at radius 2 is 2.10 bits per heavy atom. The Balaban J connectivity index is 2.34. The molecular formula is C22H34N4O3S2. The lowest BCUT2D eigenvalue weighted by Crippen LogP contribution is -2.44. The quantitative estimate of drug-likeness (QED) is 0.187. The van der Waals surface area contributed by atoms with Crippen molar-refractivity contribution in [3.63, 3.8) is 0 Å². The van der Waals surface area contributed by atoms with E-state index in [-0.39, 0.29) is 10.9 Å². The molecule has 1 N–H and O–H groups in total. The average Bonchev–Trinajstić information content (AvgIpc) is 2.98. The van der Waals surface area contributed by atoms with Gasteiger partial charge in [-0.2, -0.15) is 17.7 Å².